The summed E-state index contributed by atoms with van der Waals surface area (Å²) in [7, 11) is -4.45. The van der Waals surface area contributed by atoms with Crippen LogP contribution in [0.15, 0.2) is 17.0 Å². The molecule has 0 bridgehead atoms. The van der Waals surface area contributed by atoms with Crippen LogP contribution in [-0.4, -0.2) is 13.0 Å². The van der Waals surface area contributed by atoms with Crippen LogP contribution >= 0.6 is 0 Å². The van der Waals surface area contributed by atoms with Gasteiger partial charge in [-0.3, -0.25) is 4.55 Å². The van der Waals surface area contributed by atoms with Gasteiger partial charge in [0.1, 0.15) is 4.90 Å². The summed E-state index contributed by atoms with van der Waals surface area (Å²) < 4.78 is 30.3. The van der Waals surface area contributed by atoms with Gasteiger partial charge in [0.15, 0.2) is 0 Å². The van der Waals surface area contributed by atoms with Gasteiger partial charge in [0.25, 0.3) is 10.1 Å². The van der Waals surface area contributed by atoms with E-state index in [1.54, 1.807) is 6.07 Å². The molecule has 1 aromatic rings. The Morgan fingerprint density at radius 2 is 1.71 bits per heavy atom. The Labute approximate surface area is 80.5 Å². The van der Waals surface area contributed by atoms with Crippen LogP contribution in [0.2, 0.25) is 0 Å². The lowest BCUT2D eigenvalue weighted by molar-refractivity contribution is 0.484. The zero-order valence-electron chi connectivity index (χ0n) is 6.93. The van der Waals surface area contributed by atoms with Gasteiger partial charge in [-0.05, 0) is 12.1 Å². The molecule has 0 aliphatic carbocycles. The average Bonchev–Trinajstić information content (AvgIpc) is 1.99. The first kappa shape index (κ1) is 10.3. The highest BCUT2D eigenvalue weighted by atomic mass is 32.2. The predicted octanol–water partition coefficient (Wildman–Crippen LogP) is -0.0306. The van der Waals surface area contributed by atoms with Crippen molar-refractivity contribution in [1.29, 1.82) is 5.26 Å². The molecule has 0 aromatic heterocycles. The number of hydrogen-bond donors (Lipinski definition) is 3. The number of nitrogen functional groups attached to an aromatic ring is 2. The largest absolute Gasteiger partial charge is 0.397 e. The third-order valence-corrected chi connectivity index (χ3v) is 2.52. The topological polar surface area (TPSA) is 130 Å². The summed E-state index contributed by atoms with van der Waals surface area (Å²) >= 11 is 0. The fourth-order valence-electron chi connectivity index (χ4n) is 1.04. The summed E-state index contributed by atoms with van der Waals surface area (Å²) in [5.74, 6) is 0. The molecule has 0 saturated carbocycles. The SMILES string of the molecule is N#Cc1cc(N)c(S(=O)(=O)O)c(N)c1. The number of nitrogens with two attached hydrogens (primary N) is 2. The molecule has 7 heteroatoms. The number of hydrogen-bond acceptors (Lipinski definition) is 5. The Balaban J connectivity index is 3.59. The summed E-state index contributed by atoms with van der Waals surface area (Å²) in [6, 6.07) is 4.00. The van der Waals surface area contributed by atoms with E-state index in [9.17, 15) is 8.42 Å². The molecule has 74 valence electrons. The molecule has 0 aliphatic rings. The standard InChI is InChI=1S/C7H7N3O3S/c8-3-4-1-5(9)7(6(10)2-4)14(11,12)13/h1-2H,9-10H2,(H,11,12,13). The molecule has 5 N–H and O–H groups in total. The molecular weight excluding hydrogens is 206 g/mol. The molecule has 1 rings (SSSR count). The maximum Gasteiger partial charge on any atom is 0.298 e. The molecule has 0 aliphatic heterocycles. The first-order valence-corrected chi connectivity index (χ1v) is 4.87. The highest BCUT2D eigenvalue weighted by molar-refractivity contribution is 7.86. The molecule has 0 atom stereocenters. The minimum atomic E-state index is -4.45. The van der Waals surface area contributed by atoms with Gasteiger partial charge in [0.2, 0.25) is 0 Å². The molecule has 6 nitrogen and oxygen atoms in total. The number of benzene rings is 1. The molecule has 0 unspecified atom stereocenters. The third kappa shape index (κ3) is 1.76. The van der Waals surface area contributed by atoms with Crippen molar-refractivity contribution in [1.82, 2.24) is 0 Å². The molecule has 0 amide bonds. The molecule has 1 aromatic carbocycles. The quantitative estimate of drug-likeness (QED) is 0.443. The Morgan fingerprint density at radius 1 is 1.29 bits per heavy atom. The Kier molecular flexibility index (Phi) is 2.33. The molecule has 0 fully saturated rings. The Morgan fingerprint density at radius 3 is 2.00 bits per heavy atom. The van der Waals surface area contributed by atoms with E-state index in [4.69, 9.17) is 21.3 Å². The van der Waals surface area contributed by atoms with Crippen LogP contribution in [-0.2, 0) is 10.1 Å². The lowest BCUT2D eigenvalue weighted by atomic mass is 10.2. The fourth-order valence-corrected chi connectivity index (χ4v) is 1.75. The van der Waals surface area contributed by atoms with Gasteiger partial charge in [-0.15, -0.1) is 0 Å². The first-order chi connectivity index (χ1) is 6.36. The van der Waals surface area contributed by atoms with E-state index in [2.05, 4.69) is 0 Å². The lowest BCUT2D eigenvalue weighted by Crippen LogP contribution is -2.07. The van der Waals surface area contributed by atoms with Crippen molar-refractivity contribution >= 4 is 21.5 Å². The fraction of sp³-hybridized carbons (Fsp3) is 0. The van der Waals surface area contributed by atoms with Crippen molar-refractivity contribution in [2.24, 2.45) is 0 Å². The van der Waals surface area contributed by atoms with Gasteiger partial charge in [0.05, 0.1) is 23.0 Å². The van der Waals surface area contributed by atoms with Crippen LogP contribution in [0.25, 0.3) is 0 Å². The van der Waals surface area contributed by atoms with Crippen LogP contribution in [0, 0.1) is 11.3 Å². The van der Waals surface area contributed by atoms with Crippen LogP contribution in [0.3, 0.4) is 0 Å². The van der Waals surface area contributed by atoms with Gasteiger partial charge in [0, 0.05) is 0 Å². The Hall–Kier alpha value is -1.78. The van der Waals surface area contributed by atoms with Crippen LogP contribution in [0.4, 0.5) is 11.4 Å². The van der Waals surface area contributed by atoms with Gasteiger partial charge >= 0.3 is 0 Å². The van der Waals surface area contributed by atoms with Crippen molar-refractivity contribution in [3.63, 3.8) is 0 Å². The number of rotatable bonds is 1. The van der Waals surface area contributed by atoms with Gasteiger partial charge in [-0.25, -0.2) is 0 Å². The molecule has 0 saturated heterocycles. The van der Waals surface area contributed by atoms with E-state index in [1.165, 1.54) is 0 Å². The lowest BCUT2D eigenvalue weighted by Gasteiger charge is -2.05. The summed E-state index contributed by atoms with van der Waals surface area (Å²) in [4.78, 5) is -0.559. The highest BCUT2D eigenvalue weighted by Crippen LogP contribution is 2.26. The summed E-state index contributed by atoms with van der Waals surface area (Å²) in [5.41, 5.74) is 10.3. The van der Waals surface area contributed by atoms with Gasteiger partial charge in [-0.2, -0.15) is 13.7 Å². The maximum atomic E-state index is 10.8. The second kappa shape index (κ2) is 3.17. The second-order valence-corrected chi connectivity index (χ2v) is 3.93. The summed E-state index contributed by atoms with van der Waals surface area (Å²) in [6.45, 7) is 0. The van der Waals surface area contributed by atoms with Crippen molar-refractivity contribution in [3.8, 4) is 6.07 Å². The van der Waals surface area contributed by atoms with E-state index in [-0.39, 0.29) is 16.9 Å². The molecular formula is C7H7N3O3S. The molecule has 14 heavy (non-hydrogen) atoms. The average molecular weight is 213 g/mol. The van der Waals surface area contributed by atoms with E-state index in [0.29, 0.717) is 0 Å². The number of nitriles is 1. The smallest absolute Gasteiger partial charge is 0.298 e. The molecule has 0 heterocycles. The zero-order chi connectivity index (χ0) is 10.9. The van der Waals surface area contributed by atoms with Gasteiger partial charge in [-0.1, -0.05) is 0 Å². The van der Waals surface area contributed by atoms with Crippen LogP contribution < -0.4 is 11.5 Å². The normalized spacial score (nSPS) is 10.9. The van der Waals surface area contributed by atoms with Crippen molar-refractivity contribution in [2.45, 2.75) is 4.90 Å². The first-order valence-electron chi connectivity index (χ1n) is 3.43. The maximum absolute atomic E-state index is 10.8. The van der Waals surface area contributed by atoms with Gasteiger partial charge < -0.3 is 11.5 Å². The van der Waals surface area contributed by atoms with E-state index in [1.807, 2.05) is 0 Å². The monoisotopic (exact) mass is 213 g/mol. The number of nitrogens with zero attached hydrogens (tertiary/aromatic N) is 1. The van der Waals surface area contributed by atoms with Crippen molar-refractivity contribution < 1.29 is 13.0 Å². The Bertz CT molecular complexity index is 492. The van der Waals surface area contributed by atoms with Crippen molar-refractivity contribution in [2.75, 3.05) is 11.5 Å². The minimum Gasteiger partial charge on any atom is -0.397 e. The van der Waals surface area contributed by atoms with Crippen molar-refractivity contribution in [3.05, 3.63) is 17.7 Å². The summed E-state index contributed by atoms with van der Waals surface area (Å²) in [6.07, 6.45) is 0. The number of anilines is 2. The second-order valence-electron chi connectivity index (χ2n) is 2.57. The molecule has 0 spiro atoms. The highest BCUT2D eigenvalue weighted by Gasteiger charge is 2.18. The molecule has 0 radical (unpaired) electrons. The minimum absolute atomic E-state index is 0.132. The summed E-state index contributed by atoms with van der Waals surface area (Å²) in [5, 5.41) is 8.51. The van der Waals surface area contributed by atoms with Crippen LogP contribution in [0.1, 0.15) is 5.56 Å². The predicted molar refractivity (Wildman–Crippen MR) is 49.8 cm³/mol. The van der Waals surface area contributed by atoms with Crippen LogP contribution in [0.5, 0.6) is 0 Å². The zero-order valence-corrected chi connectivity index (χ0v) is 7.75. The third-order valence-electron chi connectivity index (χ3n) is 1.53. The van der Waals surface area contributed by atoms with E-state index < -0.39 is 15.0 Å². The van der Waals surface area contributed by atoms with E-state index >= 15 is 0 Å². The van der Waals surface area contributed by atoms with E-state index in [0.717, 1.165) is 12.1 Å².